The molecule has 0 spiro atoms. The van der Waals surface area contributed by atoms with Crippen molar-refractivity contribution in [1.82, 2.24) is 9.62 Å². The monoisotopic (exact) mass is 374 g/mol. The van der Waals surface area contributed by atoms with Crippen LogP contribution < -0.4 is 9.46 Å². The fourth-order valence-corrected chi connectivity index (χ4v) is 4.40. The quantitative estimate of drug-likeness (QED) is 0.858. The number of carbonyl (C=O) groups is 1. The Balaban J connectivity index is 2.16. The van der Waals surface area contributed by atoms with Crippen molar-refractivity contribution in [2.45, 2.75) is 43.5 Å². The summed E-state index contributed by atoms with van der Waals surface area (Å²) in [5.74, 6) is -0.0252. The zero-order chi connectivity index (χ0) is 17.7. The molecule has 1 aliphatic rings. The number of carbonyl (C=O) groups excluding carboxylic acids is 1. The Morgan fingerprint density at radius 3 is 2.46 bits per heavy atom. The number of halogens is 1. The lowest BCUT2D eigenvalue weighted by Gasteiger charge is -2.24. The van der Waals surface area contributed by atoms with Gasteiger partial charge in [0.15, 0.2) is 0 Å². The summed E-state index contributed by atoms with van der Waals surface area (Å²) in [6, 6.07) is 3.49. The van der Waals surface area contributed by atoms with E-state index in [0.29, 0.717) is 13.1 Å². The van der Waals surface area contributed by atoms with E-state index in [-0.39, 0.29) is 21.6 Å². The SMILES string of the molecule is COc1ccc(Cl)cc1S(=O)(=O)N[C@@H](C)C(=O)N1CCCCCC1. The van der Waals surface area contributed by atoms with Gasteiger partial charge in [-0.2, -0.15) is 4.72 Å². The summed E-state index contributed by atoms with van der Waals surface area (Å²) < 4.78 is 32.7. The average Bonchev–Trinajstić information content (AvgIpc) is 2.83. The molecule has 1 atom stereocenters. The van der Waals surface area contributed by atoms with Gasteiger partial charge in [0, 0.05) is 18.1 Å². The molecule has 1 aromatic rings. The topological polar surface area (TPSA) is 75.7 Å². The number of nitrogens with zero attached hydrogens (tertiary/aromatic N) is 1. The largest absolute Gasteiger partial charge is 0.495 e. The number of sulfonamides is 1. The predicted molar refractivity (Wildman–Crippen MR) is 92.8 cm³/mol. The highest BCUT2D eigenvalue weighted by Crippen LogP contribution is 2.27. The highest BCUT2D eigenvalue weighted by atomic mass is 35.5. The smallest absolute Gasteiger partial charge is 0.245 e. The second-order valence-electron chi connectivity index (χ2n) is 5.88. The first-order chi connectivity index (χ1) is 11.3. The van der Waals surface area contributed by atoms with E-state index < -0.39 is 16.1 Å². The first-order valence-electron chi connectivity index (χ1n) is 8.00. The Hall–Kier alpha value is -1.31. The lowest BCUT2D eigenvalue weighted by Crippen LogP contribution is -2.47. The predicted octanol–water partition coefficient (Wildman–Crippen LogP) is 2.42. The van der Waals surface area contributed by atoms with Gasteiger partial charge in [0.25, 0.3) is 0 Å². The number of ether oxygens (including phenoxy) is 1. The van der Waals surface area contributed by atoms with Gasteiger partial charge in [-0.3, -0.25) is 4.79 Å². The van der Waals surface area contributed by atoms with E-state index in [2.05, 4.69) is 4.72 Å². The number of methoxy groups -OCH3 is 1. The Kier molecular flexibility index (Phi) is 6.48. The third kappa shape index (κ3) is 4.62. The molecule has 24 heavy (non-hydrogen) atoms. The van der Waals surface area contributed by atoms with Crippen molar-refractivity contribution in [2.75, 3.05) is 20.2 Å². The zero-order valence-corrected chi connectivity index (χ0v) is 15.5. The third-order valence-corrected chi connectivity index (χ3v) is 5.83. The first-order valence-corrected chi connectivity index (χ1v) is 9.86. The highest BCUT2D eigenvalue weighted by molar-refractivity contribution is 7.89. The molecule has 0 aromatic heterocycles. The molecule has 8 heteroatoms. The molecular formula is C16H23ClN2O4S. The van der Waals surface area contributed by atoms with E-state index in [0.717, 1.165) is 25.7 Å². The van der Waals surface area contributed by atoms with Crippen LogP contribution in [0, 0.1) is 0 Å². The van der Waals surface area contributed by atoms with Gasteiger partial charge in [0.05, 0.1) is 13.2 Å². The van der Waals surface area contributed by atoms with Crippen LogP contribution in [0.25, 0.3) is 0 Å². The van der Waals surface area contributed by atoms with Gasteiger partial charge in [-0.1, -0.05) is 24.4 Å². The van der Waals surface area contributed by atoms with Gasteiger partial charge in [-0.25, -0.2) is 8.42 Å². The van der Waals surface area contributed by atoms with Crippen molar-refractivity contribution in [2.24, 2.45) is 0 Å². The molecule has 1 aromatic carbocycles. The molecular weight excluding hydrogens is 352 g/mol. The van der Waals surface area contributed by atoms with Crippen molar-refractivity contribution in [3.05, 3.63) is 23.2 Å². The number of benzene rings is 1. The summed E-state index contributed by atoms with van der Waals surface area (Å²) in [6.07, 6.45) is 4.11. The van der Waals surface area contributed by atoms with Crippen molar-refractivity contribution < 1.29 is 17.9 Å². The van der Waals surface area contributed by atoms with Crippen LogP contribution in [0.1, 0.15) is 32.6 Å². The van der Waals surface area contributed by atoms with Gasteiger partial charge < -0.3 is 9.64 Å². The summed E-state index contributed by atoms with van der Waals surface area (Å²) >= 11 is 5.90. The molecule has 1 amide bonds. The average molecular weight is 375 g/mol. The normalized spacial score (nSPS) is 17.2. The lowest BCUT2D eigenvalue weighted by atomic mass is 10.2. The molecule has 0 bridgehead atoms. The summed E-state index contributed by atoms with van der Waals surface area (Å²) in [5.41, 5.74) is 0. The van der Waals surface area contributed by atoms with E-state index in [4.69, 9.17) is 16.3 Å². The van der Waals surface area contributed by atoms with Gasteiger partial charge >= 0.3 is 0 Å². The molecule has 0 aliphatic carbocycles. The summed E-state index contributed by atoms with van der Waals surface area (Å²) in [5, 5.41) is 0.280. The second kappa shape index (κ2) is 8.18. The van der Waals surface area contributed by atoms with E-state index >= 15 is 0 Å². The molecule has 1 saturated heterocycles. The van der Waals surface area contributed by atoms with Crippen LogP contribution >= 0.6 is 11.6 Å². The molecule has 2 rings (SSSR count). The maximum Gasteiger partial charge on any atom is 0.245 e. The van der Waals surface area contributed by atoms with E-state index in [1.807, 2.05) is 0 Å². The number of rotatable bonds is 5. The number of hydrogen-bond donors (Lipinski definition) is 1. The first kappa shape index (κ1) is 19.0. The van der Waals surface area contributed by atoms with Crippen molar-refractivity contribution in [1.29, 1.82) is 0 Å². The molecule has 0 unspecified atom stereocenters. The van der Waals surface area contributed by atoms with Gasteiger partial charge in [-0.05, 0) is 38.0 Å². The van der Waals surface area contributed by atoms with Crippen LogP contribution in [0.2, 0.25) is 5.02 Å². The van der Waals surface area contributed by atoms with Gasteiger partial charge in [0.1, 0.15) is 10.6 Å². The van der Waals surface area contributed by atoms with Crippen LogP contribution in [0.15, 0.2) is 23.1 Å². The Morgan fingerprint density at radius 1 is 1.25 bits per heavy atom. The summed E-state index contributed by atoms with van der Waals surface area (Å²) in [6.45, 7) is 2.90. The van der Waals surface area contributed by atoms with Crippen LogP contribution in [-0.4, -0.2) is 45.5 Å². The molecule has 1 N–H and O–H groups in total. The summed E-state index contributed by atoms with van der Waals surface area (Å²) in [7, 11) is -2.54. The molecule has 134 valence electrons. The van der Waals surface area contributed by atoms with Gasteiger partial charge in [-0.15, -0.1) is 0 Å². The van der Waals surface area contributed by atoms with Crippen molar-refractivity contribution in [3.63, 3.8) is 0 Å². The van der Waals surface area contributed by atoms with Crippen molar-refractivity contribution >= 4 is 27.5 Å². The second-order valence-corrected chi connectivity index (χ2v) is 8.00. The van der Waals surface area contributed by atoms with Crippen LogP contribution in [-0.2, 0) is 14.8 Å². The molecule has 0 saturated carbocycles. The van der Waals surface area contributed by atoms with E-state index in [1.165, 1.54) is 19.2 Å². The zero-order valence-electron chi connectivity index (χ0n) is 13.9. The minimum absolute atomic E-state index is 0.0759. The number of nitrogens with one attached hydrogen (secondary N) is 1. The Bertz CT molecular complexity index is 685. The van der Waals surface area contributed by atoms with E-state index in [1.54, 1.807) is 17.9 Å². The van der Waals surface area contributed by atoms with Crippen LogP contribution in [0.3, 0.4) is 0 Å². The maximum absolute atomic E-state index is 12.6. The minimum atomic E-state index is -3.92. The fourth-order valence-electron chi connectivity index (χ4n) is 2.77. The Morgan fingerprint density at radius 2 is 1.88 bits per heavy atom. The van der Waals surface area contributed by atoms with Crippen molar-refractivity contribution in [3.8, 4) is 5.75 Å². The molecule has 6 nitrogen and oxygen atoms in total. The van der Waals surface area contributed by atoms with Crippen LogP contribution in [0.4, 0.5) is 0 Å². The molecule has 1 fully saturated rings. The third-order valence-electron chi connectivity index (χ3n) is 4.04. The molecule has 1 heterocycles. The summed E-state index contributed by atoms with van der Waals surface area (Å²) in [4.78, 5) is 14.2. The highest BCUT2D eigenvalue weighted by Gasteiger charge is 2.28. The molecule has 0 radical (unpaired) electrons. The molecule has 1 aliphatic heterocycles. The number of hydrogen-bond acceptors (Lipinski definition) is 4. The Labute approximate surface area is 148 Å². The lowest BCUT2D eigenvalue weighted by molar-refractivity contribution is -0.132. The maximum atomic E-state index is 12.6. The van der Waals surface area contributed by atoms with E-state index in [9.17, 15) is 13.2 Å². The number of amides is 1. The fraction of sp³-hybridized carbons (Fsp3) is 0.562. The standard InChI is InChI=1S/C16H23ClN2O4S/c1-12(16(20)19-9-5-3-4-6-10-19)18-24(21,22)15-11-13(17)7-8-14(15)23-2/h7-8,11-12,18H,3-6,9-10H2,1-2H3/t12-/m0/s1. The minimum Gasteiger partial charge on any atom is -0.495 e. The van der Waals surface area contributed by atoms with Gasteiger partial charge in [0.2, 0.25) is 15.9 Å². The van der Waals surface area contributed by atoms with Crippen LogP contribution in [0.5, 0.6) is 5.75 Å². The number of likely N-dealkylation sites (tertiary alicyclic amines) is 1.